The van der Waals surface area contributed by atoms with Crippen LogP contribution in [0.25, 0.3) is 10.2 Å². The van der Waals surface area contributed by atoms with Gasteiger partial charge in [0.05, 0.1) is 29.7 Å². The molecule has 0 spiro atoms. The summed E-state index contributed by atoms with van der Waals surface area (Å²) in [5.41, 5.74) is 1.89. The molecule has 26 heavy (non-hydrogen) atoms. The predicted octanol–water partition coefficient (Wildman–Crippen LogP) is 5.76. The molecule has 0 radical (unpaired) electrons. The Balaban J connectivity index is 1.57. The third kappa shape index (κ3) is 3.91. The summed E-state index contributed by atoms with van der Waals surface area (Å²) in [5, 5.41) is 2.13. The molecule has 0 bridgehead atoms. The summed E-state index contributed by atoms with van der Waals surface area (Å²) in [4.78, 5) is 8.73. The quantitative estimate of drug-likeness (QED) is 0.410. The van der Waals surface area contributed by atoms with Crippen molar-refractivity contribution in [2.45, 2.75) is 19.3 Å². The number of ether oxygens (including phenoxy) is 1. The van der Waals surface area contributed by atoms with E-state index in [-0.39, 0.29) is 6.10 Å². The fourth-order valence-electron chi connectivity index (χ4n) is 2.74. The Morgan fingerprint density at radius 3 is 2.81 bits per heavy atom. The summed E-state index contributed by atoms with van der Waals surface area (Å²) in [5.74, 6) is 0. The number of benzene rings is 2. The summed E-state index contributed by atoms with van der Waals surface area (Å²) in [6.45, 7) is 1.02. The summed E-state index contributed by atoms with van der Waals surface area (Å²) in [6, 6.07) is 13.5. The van der Waals surface area contributed by atoms with E-state index < -0.39 is 0 Å². The van der Waals surface area contributed by atoms with E-state index in [1.807, 2.05) is 41.1 Å². The fourth-order valence-corrected chi connectivity index (χ4v) is 4.16. The molecule has 0 fully saturated rings. The zero-order chi connectivity index (χ0) is 17.9. The molecule has 0 saturated heterocycles. The van der Waals surface area contributed by atoms with Crippen molar-refractivity contribution in [1.82, 2.24) is 14.5 Å². The smallest absolute Gasteiger partial charge is 0.120 e. The van der Waals surface area contributed by atoms with Crippen molar-refractivity contribution in [2.24, 2.45) is 0 Å². The molecule has 0 amide bonds. The van der Waals surface area contributed by atoms with Crippen molar-refractivity contribution in [3.8, 4) is 0 Å². The number of rotatable bonds is 6. The highest BCUT2D eigenvalue weighted by atomic mass is 35.5. The van der Waals surface area contributed by atoms with E-state index in [1.54, 1.807) is 29.9 Å². The van der Waals surface area contributed by atoms with E-state index in [2.05, 4.69) is 16.0 Å². The van der Waals surface area contributed by atoms with Crippen LogP contribution in [-0.2, 0) is 17.9 Å². The van der Waals surface area contributed by atoms with Crippen molar-refractivity contribution < 1.29 is 4.74 Å². The Hall–Kier alpha value is -1.92. The van der Waals surface area contributed by atoms with Crippen molar-refractivity contribution >= 4 is 44.8 Å². The van der Waals surface area contributed by atoms with Gasteiger partial charge in [0.2, 0.25) is 0 Å². The number of hydrogen-bond donors (Lipinski definition) is 0. The van der Waals surface area contributed by atoms with E-state index in [4.69, 9.17) is 27.9 Å². The number of para-hydroxylation sites is 1. The molecule has 0 aliphatic heterocycles. The van der Waals surface area contributed by atoms with Crippen LogP contribution in [0.1, 0.15) is 16.7 Å². The lowest BCUT2D eigenvalue weighted by Gasteiger charge is -2.19. The SMILES string of the molecule is Clc1ccc(C(Cn2ccnc2)OCc2nc3ccccc3s2)c(Cl)c1. The second kappa shape index (κ2) is 7.76. The van der Waals surface area contributed by atoms with Crippen LogP contribution >= 0.6 is 34.5 Å². The molecule has 4 aromatic rings. The number of aromatic nitrogens is 3. The lowest BCUT2D eigenvalue weighted by Crippen LogP contribution is -2.12. The Morgan fingerprint density at radius 2 is 2.04 bits per heavy atom. The Kier molecular flexibility index (Phi) is 5.22. The predicted molar refractivity (Wildman–Crippen MR) is 106 cm³/mol. The number of imidazole rings is 1. The molecule has 2 aromatic heterocycles. The van der Waals surface area contributed by atoms with E-state index in [0.29, 0.717) is 23.2 Å². The average Bonchev–Trinajstić information content (AvgIpc) is 3.28. The first-order valence-electron chi connectivity index (χ1n) is 8.06. The maximum absolute atomic E-state index is 6.41. The normalized spacial score (nSPS) is 12.5. The molecular formula is C19H15Cl2N3OS. The van der Waals surface area contributed by atoms with Gasteiger partial charge in [-0.05, 0) is 24.3 Å². The van der Waals surface area contributed by atoms with Crippen LogP contribution < -0.4 is 0 Å². The van der Waals surface area contributed by atoms with Gasteiger partial charge >= 0.3 is 0 Å². The molecule has 2 aromatic carbocycles. The van der Waals surface area contributed by atoms with Crippen LogP contribution in [0.2, 0.25) is 10.0 Å². The number of halogens is 2. The van der Waals surface area contributed by atoms with Gasteiger partial charge in [-0.15, -0.1) is 11.3 Å². The van der Waals surface area contributed by atoms with Crippen LogP contribution in [0.5, 0.6) is 0 Å². The first-order valence-corrected chi connectivity index (χ1v) is 9.63. The Morgan fingerprint density at radius 1 is 1.15 bits per heavy atom. The molecule has 0 aliphatic carbocycles. The lowest BCUT2D eigenvalue weighted by molar-refractivity contribution is 0.0280. The van der Waals surface area contributed by atoms with Gasteiger partial charge in [-0.2, -0.15) is 0 Å². The van der Waals surface area contributed by atoms with Gasteiger partial charge in [0.25, 0.3) is 0 Å². The van der Waals surface area contributed by atoms with E-state index in [0.717, 1.165) is 20.8 Å². The van der Waals surface area contributed by atoms with Crippen LogP contribution in [0, 0.1) is 0 Å². The van der Waals surface area contributed by atoms with Gasteiger partial charge < -0.3 is 9.30 Å². The molecular weight excluding hydrogens is 389 g/mol. The minimum absolute atomic E-state index is 0.235. The van der Waals surface area contributed by atoms with E-state index in [9.17, 15) is 0 Å². The second-order valence-corrected chi connectivity index (χ2v) is 7.76. The maximum Gasteiger partial charge on any atom is 0.120 e. The van der Waals surface area contributed by atoms with Crippen molar-refractivity contribution in [3.63, 3.8) is 0 Å². The maximum atomic E-state index is 6.41. The van der Waals surface area contributed by atoms with Crippen LogP contribution in [0.3, 0.4) is 0 Å². The minimum Gasteiger partial charge on any atom is -0.364 e. The topological polar surface area (TPSA) is 39.9 Å². The monoisotopic (exact) mass is 403 g/mol. The van der Waals surface area contributed by atoms with Gasteiger partial charge in [-0.3, -0.25) is 0 Å². The van der Waals surface area contributed by atoms with Crippen molar-refractivity contribution in [1.29, 1.82) is 0 Å². The van der Waals surface area contributed by atoms with Gasteiger partial charge in [0.1, 0.15) is 11.1 Å². The largest absolute Gasteiger partial charge is 0.364 e. The number of hydrogen-bond acceptors (Lipinski definition) is 4. The molecule has 2 heterocycles. The zero-order valence-corrected chi connectivity index (χ0v) is 16.0. The standard InChI is InChI=1S/C19H15Cl2N3OS/c20-13-5-6-14(15(21)9-13)17(10-24-8-7-22-12-24)25-11-19-23-16-3-1-2-4-18(16)26-19/h1-9,12,17H,10-11H2. The van der Waals surface area contributed by atoms with Crippen LogP contribution in [-0.4, -0.2) is 14.5 Å². The second-order valence-electron chi connectivity index (χ2n) is 5.80. The van der Waals surface area contributed by atoms with Gasteiger partial charge in [0.15, 0.2) is 0 Å². The molecule has 1 atom stereocenters. The summed E-state index contributed by atoms with van der Waals surface area (Å²) < 4.78 is 9.33. The number of fused-ring (bicyclic) bond motifs is 1. The van der Waals surface area contributed by atoms with Gasteiger partial charge in [-0.25, -0.2) is 9.97 Å². The van der Waals surface area contributed by atoms with Crippen molar-refractivity contribution in [2.75, 3.05) is 0 Å². The first kappa shape index (κ1) is 17.5. The molecule has 132 valence electrons. The minimum atomic E-state index is -0.235. The summed E-state index contributed by atoms with van der Waals surface area (Å²) in [6.07, 6.45) is 5.17. The van der Waals surface area contributed by atoms with E-state index in [1.165, 1.54) is 0 Å². The third-order valence-corrected chi connectivity index (χ3v) is 5.56. The van der Waals surface area contributed by atoms with Crippen LogP contribution in [0.15, 0.2) is 61.2 Å². The third-order valence-electron chi connectivity index (χ3n) is 3.99. The van der Waals surface area contributed by atoms with Gasteiger partial charge in [0, 0.05) is 28.0 Å². The number of thiazole rings is 1. The average molecular weight is 404 g/mol. The van der Waals surface area contributed by atoms with E-state index >= 15 is 0 Å². The molecule has 7 heteroatoms. The molecule has 4 nitrogen and oxygen atoms in total. The molecule has 0 saturated carbocycles. The summed E-state index contributed by atoms with van der Waals surface area (Å²) >= 11 is 14.1. The number of nitrogens with zero attached hydrogens (tertiary/aromatic N) is 3. The van der Waals surface area contributed by atoms with Crippen LogP contribution in [0.4, 0.5) is 0 Å². The summed E-state index contributed by atoms with van der Waals surface area (Å²) in [7, 11) is 0. The zero-order valence-electron chi connectivity index (χ0n) is 13.7. The molecule has 0 aliphatic rings. The fraction of sp³-hybridized carbons (Fsp3) is 0.158. The Labute approximate surface area is 165 Å². The highest BCUT2D eigenvalue weighted by Crippen LogP contribution is 2.31. The lowest BCUT2D eigenvalue weighted by atomic mass is 10.1. The highest BCUT2D eigenvalue weighted by Gasteiger charge is 2.18. The molecule has 4 rings (SSSR count). The Bertz CT molecular complexity index is 984. The first-order chi connectivity index (χ1) is 12.7. The molecule has 0 N–H and O–H groups in total. The van der Waals surface area contributed by atoms with Gasteiger partial charge in [-0.1, -0.05) is 41.4 Å². The molecule has 1 unspecified atom stereocenters. The van der Waals surface area contributed by atoms with Crippen molar-refractivity contribution in [3.05, 3.63) is 81.8 Å². The highest BCUT2D eigenvalue weighted by molar-refractivity contribution is 7.18.